The second kappa shape index (κ2) is 8.92. The number of hydrogen-bond donors (Lipinski definition) is 2. The fraction of sp³-hybridized carbons (Fsp3) is 0.261. The van der Waals surface area contributed by atoms with Gasteiger partial charge in [-0.05, 0) is 55.9 Å². The van der Waals surface area contributed by atoms with Gasteiger partial charge >= 0.3 is 0 Å². The van der Waals surface area contributed by atoms with Crippen LogP contribution in [-0.4, -0.2) is 46.6 Å². The highest BCUT2D eigenvalue weighted by Gasteiger charge is 2.11. The maximum atomic E-state index is 12.1. The number of amides is 1. The van der Waals surface area contributed by atoms with Gasteiger partial charge < -0.3 is 19.7 Å². The molecule has 0 aliphatic heterocycles. The van der Waals surface area contributed by atoms with E-state index in [4.69, 9.17) is 4.52 Å². The number of aromatic amines is 1. The summed E-state index contributed by atoms with van der Waals surface area (Å²) in [6.07, 6.45) is 3.62. The Morgan fingerprint density at radius 3 is 2.80 bits per heavy atom. The van der Waals surface area contributed by atoms with Gasteiger partial charge in [-0.2, -0.15) is 4.98 Å². The molecule has 0 aliphatic rings. The summed E-state index contributed by atoms with van der Waals surface area (Å²) in [7, 11) is 4.16. The van der Waals surface area contributed by atoms with Gasteiger partial charge in [-0.25, -0.2) is 0 Å². The summed E-state index contributed by atoms with van der Waals surface area (Å²) in [4.78, 5) is 22.1. The molecule has 1 amide bonds. The highest BCUT2D eigenvalue weighted by molar-refractivity contribution is 5.94. The molecule has 2 aromatic carbocycles. The Morgan fingerprint density at radius 1 is 1.17 bits per heavy atom. The average molecular weight is 403 g/mol. The van der Waals surface area contributed by atoms with Crippen LogP contribution >= 0.6 is 0 Å². The van der Waals surface area contributed by atoms with E-state index in [0.29, 0.717) is 23.7 Å². The number of H-pyrrole nitrogens is 1. The van der Waals surface area contributed by atoms with Crippen LogP contribution in [0.4, 0.5) is 0 Å². The summed E-state index contributed by atoms with van der Waals surface area (Å²) >= 11 is 0. The fourth-order valence-corrected chi connectivity index (χ4v) is 3.35. The number of benzene rings is 2. The Morgan fingerprint density at radius 2 is 2.00 bits per heavy atom. The molecule has 4 aromatic rings. The van der Waals surface area contributed by atoms with Crippen molar-refractivity contribution < 1.29 is 9.32 Å². The van der Waals surface area contributed by atoms with Crippen LogP contribution in [0.1, 0.15) is 33.2 Å². The molecule has 2 aromatic heterocycles. The predicted octanol–water partition coefficient (Wildman–Crippen LogP) is 3.18. The number of fused-ring (bicyclic) bond motifs is 1. The predicted molar refractivity (Wildman–Crippen MR) is 115 cm³/mol. The van der Waals surface area contributed by atoms with Crippen LogP contribution in [0.3, 0.4) is 0 Å². The first-order valence-electron chi connectivity index (χ1n) is 9.97. The Kier molecular flexibility index (Phi) is 5.90. The van der Waals surface area contributed by atoms with Crippen LogP contribution in [-0.2, 0) is 19.4 Å². The summed E-state index contributed by atoms with van der Waals surface area (Å²) in [5.74, 6) is 0.831. The number of hydrogen-bond acceptors (Lipinski definition) is 5. The Hall–Kier alpha value is -3.45. The van der Waals surface area contributed by atoms with Crippen molar-refractivity contribution in [1.29, 1.82) is 0 Å². The van der Waals surface area contributed by atoms with Crippen molar-refractivity contribution in [2.75, 3.05) is 20.6 Å². The molecule has 0 saturated carbocycles. The van der Waals surface area contributed by atoms with Crippen molar-refractivity contribution in [2.45, 2.75) is 19.4 Å². The van der Waals surface area contributed by atoms with Crippen molar-refractivity contribution in [3.8, 4) is 0 Å². The SMILES string of the molecule is CN(C)CCc1c[nH]c2ccc(Cc3nc(CNC(=O)c4ccccc4)no3)cc12. The molecule has 7 nitrogen and oxygen atoms in total. The number of rotatable bonds is 8. The van der Waals surface area contributed by atoms with Crippen molar-refractivity contribution in [2.24, 2.45) is 0 Å². The zero-order valence-electron chi connectivity index (χ0n) is 17.2. The lowest BCUT2D eigenvalue weighted by atomic mass is 10.1. The summed E-state index contributed by atoms with van der Waals surface area (Å²) in [5, 5.41) is 8.02. The Balaban J connectivity index is 1.40. The first kappa shape index (κ1) is 19.8. The van der Waals surface area contributed by atoms with Crippen LogP contribution in [0.15, 0.2) is 59.3 Å². The van der Waals surface area contributed by atoms with Gasteiger partial charge in [-0.15, -0.1) is 0 Å². The highest BCUT2D eigenvalue weighted by Crippen LogP contribution is 2.22. The molecular weight excluding hydrogens is 378 g/mol. The Bertz CT molecular complexity index is 1130. The number of nitrogens with one attached hydrogen (secondary N) is 2. The van der Waals surface area contributed by atoms with E-state index < -0.39 is 0 Å². The zero-order valence-corrected chi connectivity index (χ0v) is 17.2. The molecule has 0 spiro atoms. The van der Waals surface area contributed by atoms with E-state index in [2.05, 4.69) is 63.8 Å². The quantitative estimate of drug-likeness (QED) is 0.472. The minimum Gasteiger partial charge on any atom is -0.361 e. The van der Waals surface area contributed by atoms with Crippen LogP contribution in [0.2, 0.25) is 0 Å². The van der Waals surface area contributed by atoms with Crippen LogP contribution in [0.25, 0.3) is 10.9 Å². The van der Waals surface area contributed by atoms with Crippen molar-refractivity contribution in [3.05, 3.63) is 83.1 Å². The maximum Gasteiger partial charge on any atom is 0.251 e. The highest BCUT2D eigenvalue weighted by atomic mass is 16.5. The van der Waals surface area contributed by atoms with Crippen molar-refractivity contribution in [1.82, 2.24) is 25.3 Å². The monoisotopic (exact) mass is 403 g/mol. The van der Waals surface area contributed by atoms with Gasteiger partial charge in [0, 0.05) is 29.2 Å². The third-order valence-corrected chi connectivity index (χ3v) is 4.97. The maximum absolute atomic E-state index is 12.1. The van der Waals surface area contributed by atoms with E-state index in [1.54, 1.807) is 12.1 Å². The van der Waals surface area contributed by atoms with Gasteiger partial charge in [0.05, 0.1) is 13.0 Å². The summed E-state index contributed by atoms with van der Waals surface area (Å²) in [6.45, 7) is 1.22. The molecule has 0 radical (unpaired) electrons. The fourth-order valence-electron chi connectivity index (χ4n) is 3.35. The average Bonchev–Trinajstić information content (AvgIpc) is 3.37. The van der Waals surface area contributed by atoms with E-state index in [1.165, 1.54) is 10.9 Å². The second-order valence-electron chi connectivity index (χ2n) is 7.58. The van der Waals surface area contributed by atoms with Crippen molar-refractivity contribution >= 4 is 16.8 Å². The van der Waals surface area contributed by atoms with E-state index >= 15 is 0 Å². The van der Waals surface area contributed by atoms with E-state index in [1.807, 2.05) is 18.2 Å². The molecule has 0 aliphatic carbocycles. The second-order valence-corrected chi connectivity index (χ2v) is 7.58. The molecule has 154 valence electrons. The molecule has 0 unspecified atom stereocenters. The molecule has 0 saturated heterocycles. The lowest BCUT2D eigenvalue weighted by Crippen LogP contribution is -2.23. The normalized spacial score (nSPS) is 11.3. The Labute approximate surface area is 175 Å². The van der Waals surface area contributed by atoms with Gasteiger partial charge in [0.25, 0.3) is 5.91 Å². The molecule has 2 N–H and O–H groups in total. The van der Waals surface area contributed by atoms with Crippen LogP contribution < -0.4 is 5.32 Å². The van der Waals surface area contributed by atoms with Crippen molar-refractivity contribution in [3.63, 3.8) is 0 Å². The molecule has 7 heteroatoms. The van der Waals surface area contributed by atoms with Gasteiger partial charge in [0.2, 0.25) is 5.89 Å². The topological polar surface area (TPSA) is 87.0 Å². The first-order chi connectivity index (χ1) is 14.6. The molecule has 4 rings (SSSR count). The van der Waals surface area contributed by atoms with Gasteiger partial charge in [-0.3, -0.25) is 4.79 Å². The van der Waals surface area contributed by atoms with E-state index in [0.717, 1.165) is 24.0 Å². The van der Waals surface area contributed by atoms with Crippen LogP contribution in [0.5, 0.6) is 0 Å². The third kappa shape index (κ3) is 4.75. The smallest absolute Gasteiger partial charge is 0.251 e. The third-order valence-electron chi connectivity index (χ3n) is 4.97. The lowest BCUT2D eigenvalue weighted by Gasteiger charge is -2.08. The van der Waals surface area contributed by atoms with Crippen LogP contribution in [0, 0.1) is 0 Å². The number of likely N-dealkylation sites (N-methyl/N-ethyl adjacent to an activating group) is 1. The zero-order chi connectivity index (χ0) is 20.9. The van der Waals surface area contributed by atoms with E-state index in [9.17, 15) is 4.79 Å². The molecule has 0 atom stereocenters. The van der Waals surface area contributed by atoms with E-state index in [-0.39, 0.29) is 12.5 Å². The summed E-state index contributed by atoms with van der Waals surface area (Å²) in [5.41, 5.74) is 4.14. The van der Waals surface area contributed by atoms with Gasteiger partial charge in [0.15, 0.2) is 5.82 Å². The summed E-state index contributed by atoms with van der Waals surface area (Å²) in [6, 6.07) is 15.4. The number of carbonyl (C=O) groups is 1. The molecule has 2 heterocycles. The standard InChI is InChI=1S/C23H25N5O2/c1-28(2)11-10-18-14-24-20-9-8-16(12-19(18)20)13-22-26-21(27-30-22)15-25-23(29)17-6-4-3-5-7-17/h3-9,12,14,24H,10-11,13,15H2,1-2H3,(H,25,29). The molecule has 30 heavy (non-hydrogen) atoms. The lowest BCUT2D eigenvalue weighted by molar-refractivity contribution is 0.0949. The largest absolute Gasteiger partial charge is 0.361 e. The van der Waals surface area contributed by atoms with Gasteiger partial charge in [0.1, 0.15) is 0 Å². The molecule has 0 fully saturated rings. The first-order valence-corrected chi connectivity index (χ1v) is 9.97. The minimum atomic E-state index is -0.162. The number of nitrogens with zero attached hydrogens (tertiary/aromatic N) is 3. The molecular formula is C23H25N5O2. The molecule has 0 bridgehead atoms. The summed E-state index contributed by atoms with van der Waals surface area (Å²) < 4.78 is 5.38. The minimum absolute atomic E-state index is 0.162. The van der Waals surface area contributed by atoms with Gasteiger partial charge in [-0.1, -0.05) is 29.4 Å². The number of carbonyl (C=O) groups excluding carboxylic acids is 1. The number of aromatic nitrogens is 3.